The van der Waals surface area contributed by atoms with E-state index in [1.54, 1.807) is 6.92 Å². The number of hydrogen-bond acceptors (Lipinski definition) is 3. The molecule has 1 unspecified atom stereocenters. The van der Waals surface area contributed by atoms with Crippen molar-refractivity contribution in [1.29, 1.82) is 10.5 Å². The molecule has 0 N–H and O–H groups in total. The molecule has 0 bridgehead atoms. The zero-order valence-electron chi connectivity index (χ0n) is 20.9. The van der Waals surface area contributed by atoms with Crippen molar-refractivity contribution in [2.24, 2.45) is 5.92 Å². The third-order valence-electron chi connectivity index (χ3n) is 5.72. The maximum absolute atomic E-state index is 9.81. The van der Waals surface area contributed by atoms with Gasteiger partial charge in [-0.1, -0.05) is 77.1 Å². The normalized spacial score (nSPS) is 13.1. The maximum atomic E-state index is 9.81. The Morgan fingerprint density at radius 1 is 0.853 bits per heavy atom. The molecule has 34 heavy (non-hydrogen) atoms. The second-order valence-corrected chi connectivity index (χ2v) is 10.3. The van der Waals surface area contributed by atoms with Crippen LogP contribution >= 0.6 is 0 Å². The van der Waals surface area contributed by atoms with Crippen molar-refractivity contribution in [3.63, 3.8) is 0 Å². The van der Waals surface area contributed by atoms with Crippen LogP contribution in [0.15, 0.2) is 66.7 Å². The second-order valence-electron chi connectivity index (χ2n) is 10.3. The number of nitrogens with zero attached hydrogens (tertiary/aromatic N) is 3. The molecule has 0 aliphatic rings. The van der Waals surface area contributed by atoms with Crippen molar-refractivity contribution in [3.05, 3.63) is 77.9 Å². The van der Waals surface area contributed by atoms with Gasteiger partial charge in [0, 0.05) is 5.56 Å². The van der Waals surface area contributed by atoms with Crippen LogP contribution in [0, 0.1) is 28.6 Å². The van der Waals surface area contributed by atoms with Crippen LogP contribution < -0.4 is 5.48 Å². The van der Waals surface area contributed by atoms with E-state index in [9.17, 15) is 10.5 Å². The van der Waals surface area contributed by atoms with Gasteiger partial charge >= 0.3 is 0 Å². The minimum absolute atomic E-state index is 0.227. The molecule has 0 aliphatic carbocycles. The number of benzene rings is 3. The van der Waals surface area contributed by atoms with Gasteiger partial charge in [0.15, 0.2) is 5.60 Å². The average molecular weight is 451 g/mol. The van der Waals surface area contributed by atoms with Crippen molar-refractivity contribution in [2.75, 3.05) is 0 Å². The molecule has 4 nitrogen and oxygen atoms in total. The molecule has 0 aliphatic heterocycles. The summed E-state index contributed by atoms with van der Waals surface area (Å²) in [6.45, 7) is 12.4. The van der Waals surface area contributed by atoms with Gasteiger partial charge in [-0.2, -0.15) is 10.5 Å². The van der Waals surface area contributed by atoms with Crippen molar-refractivity contribution in [2.45, 2.75) is 59.0 Å². The van der Waals surface area contributed by atoms with Gasteiger partial charge in [-0.3, -0.25) is 0 Å². The van der Waals surface area contributed by atoms with E-state index >= 15 is 0 Å². The first-order valence-electron chi connectivity index (χ1n) is 11.6. The van der Waals surface area contributed by atoms with Crippen LogP contribution in [-0.2, 0) is 10.3 Å². The van der Waals surface area contributed by atoms with Gasteiger partial charge in [0.05, 0.1) is 11.6 Å². The molecule has 0 heterocycles. The largest absolute Gasteiger partial charge is 0.230 e. The van der Waals surface area contributed by atoms with E-state index in [0.29, 0.717) is 17.9 Å². The van der Waals surface area contributed by atoms with E-state index < -0.39 is 5.60 Å². The fourth-order valence-electron chi connectivity index (χ4n) is 4.07. The third-order valence-corrected chi connectivity index (χ3v) is 5.72. The van der Waals surface area contributed by atoms with Gasteiger partial charge in [0.2, 0.25) is 0 Å². The summed E-state index contributed by atoms with van der Waals surface area (Å²) in [4.78, 5) is 5.98. The zero-order valence-corrected chi connectivity index (χ0v) is 20.9. The number of hydrogen-bond donors (Lipinski definition) is 0. The SMILES string of the molecule is CC(C)CC(C)(C#N)O[N]c1c(-c2ccccc2)cc(-c2ccc(C#N)cc2)cc1C(C)(C)C. The van der Waals surface area contributed by atoms with Gasteiger partial charge in [0.1, 0.15) is 11.8 Å². The number of nitriles is 2. The Morgan fingerprint density at radius 2 is 1.50 bits per heavy atom. The molecule has 0 saturated heterocycles. The van der Waals surface area contributed by atoms with E-state index in [1.165, 1.54) is 0 Å². The summed E-state index contributed by atoms with van der Waals surface area (Å²) in [5.41, 5.74) is 9.82. The predicted molar refractivity (Wildman–Crippen MR) is 137 cm³/mol. The van der Waals surface area contributed by atoms with Crippen LogP contribution in [0.25, 0.3) is 22.3 Å². The monoisotopic (exact) mass is 450 g/mol. The lowest BCUT2D eigenvalue weighted by Gasteiger charge is -2.28. The summed E-state index contributed by atoms with van der Waals surface area (Å²) in [6, 6.07) is 26.4. The van der Waals surface area contributed by atoms with Crippen LogP contribution in [0.5, 0.6) is 0 Å². The smallest absolute Gasteiger partial charge is 0.181 e. The van der Waals surface area contributed by atoms with Crippen LogP contribution in [0.4, 0.5) is 5.69 Å². The standard InChI is InChI=1S/C30H32N3O/c1-21(2)18-30(6,20-32)34-33-28-26(24-10-8-7-9-11-24)16-25(17-27(28)29(3,4)5)23-14-12-22(19-31)13-15-23/h7-17,21H,18H2,1-6H3. The fourth-order valence-corrected chi connectivity index (χ4v) is 4.07. The third kappa shape index (κ3) is 5.84. The number of rotatable bonds is 7. The first kappa shape index (κ1) is 25.0. The Balaban J connectivity index is 2.20. The highest BCUT2D eigenvalue weighted by molar-refractivity contribution is 5.84. The Kier molecular flexibility index (Phi) is 7.45. The molecule has 1 atom stereocenters. The molecule has 0 amide bonds. The van der Waals surface area contributed by atoms with E-state index in [2.05, 4.69) is 76.5 Å². The van der Waals surface area contributed by atoms with Gasteiger partial charge < -0.3 is 0 Å². The molecule has 0 aromatic heterocycles. The highest BCUT2D eigenvalue weighted by Crippen LogP contribution is 2.42. The van der Waals surface area contributed by atoms with Crippen molar-refractivity contribution < 1.29 is 4.84 Å². The molecule has 1 radical (unpaired) electrons. The van der Waals surface area contributed by atoms with E-state index in [4.69, 9.17) is 4.84 Å². The molecule has 3 aromatic carbocycles. The molecule has 0 saturated carbocycles. The average Bonchev–Trinajstić information content (AvgIpc) is 2.82. The molecule has 4 heteroatoms. The minimum atomic E-state index is -1.01. The van der Waals surface area contributed by atoms with Gasteiger partial charge in [0.25, 0.3) is 0 Å². The van der Waals surface area contributed by atoms with Gasteiger partial charge in [-0.15, -0.1) is 5.48 Å². The maximum Gasteiger partial charge on any atom is 0.181 e. The zero-order chi connectivity index (χ0) is 24.9. The van der Waals surface area contributed by atoms with Crippen molar-refractivity contribution >= 4 is 5.69 Å². The van der Waals surface area contributed by atoms with Crippen LogP contribution in [-0.4, -0.2) is 5.60 Å². The molecule has 173 valence electrons. The molecule has 3 rings (SSSR count). The molecule has 0 fully saturated rings. The van der Waals surface area contributed by atoms with Crippen LogP contribution in [0.1, 0.15) is 59.1 Å². The Labute approximate surface area is 203 Å². The predicted octanol–water partition coefficient (Wildman–Crippen LogP) is 7.69. The van der Waals surface area contributed by atoms with Gasteiger partial charge in [-0.05, 0) is 71.2 Å². The first-order valence-corrected chi connectivity index (χ1v) is 11.6. The summed E-state index contributed by atoms with van der Waals surface area (Å²) in [5, 5.41) is 19.0. The molecule has 3 aromatic rings. The fraction of sp³-hybridized carbons (Fsp3) is 0.333. The summed E-state index contributed by atoms with van der Waals surface area (Å²) in [5.74, 6) is 0.300. The van der Waals surface area contributed by atoms with Crippen molar-refractivity contribution in [3.8, 4) is 34.4 Å². The van der Waals surface area contributed by atoms with E-state index in [0.717, 1.165) is 33.5 Å². The lowest BCUT2D eigenvalue weighted by Crippen LogP contribution is -2.31. The molecular weight excluding hydrogens is 418 g/mol. The van der Waals surface area contributed by atoms with E-state index in [1.807, 2.05) is 42.5 Å². The summed E-state index contributed by atoms with van der Waals surface area (Å²) in [7, 11) is 0. The Hall–Kier alpha value is -3.60. The first-order chi connectivity index (χ1) is 16.1. The Bertz CT molecular complexity index is 1210. The molecule has 0 spiro atoms. The molecular formula is C30H32N3O. The topological polar surface area (TPSA) is 70.9 Å². The summed E-state index contributed by atoms with van der Waals surface area (Å²) >= 11 is 0. The van der Waals surface area contributed by atoms with Gasteiger partial charge in [-0.25, -0.2) is 4.84 Å². The highest BCUT2D eigenvalue weighted by Gasteiger charge is 2.30. The van der Waals surface area contributed by atoms with E-state index in [-0.39, 0.29) is 5.41 Å². The lowest BCUT2D eigenvalue weighted by molar-refractivity contribution is -0.0531. The lowest BCUT2D eigenvalue weighted by atomic mass is 9.81. The van der Waals surface area contributed by atoms with Crippen molar-refractivity contribution in [1.82, 2.24) is 5.48 Å². The van der Waals surface area contributed by atoms with Crippen LogP contribution in [0.3, 0.4) is 0 Å². The van der Waals surface area contributed by atoms with Crippen LogP contribution in [0.2, 0.25) is 0 Å². The quantitative estimate of drug-likeness (QED) is 0.346. The Morgan fingerprint density at radius 3 is 2.03 bits per heavy atom. The highest BCUT2D eigenvalue weighted by atomic mass is 16.7. The summed E-state index contributed by atoms with van der Waals surface area (Å²) in [6.07, 6.45) is 0.585. The minimum Gasteiger partial charge on any atom is -0.230 e. The summed E-state index contributed by atoms with van der Waals surface area (Å²) < 4.78 is 0. The second kappa shape index (κ2) is 10.1.